The summed E-state index contributed by atoms with van der Waals surface area (Å²) in [5.41, 5.74) is 2.32. The normalized spacial score (nSPS) is 11.0. The summed E-state index contributed by atoms with van der Waals surface area (Å²) in [7, 11) is -0.495. The lowest BCUT2D eigenvalue weighted by molar-refractivity contribution is 0.0951. The molecule has 0 saturated carbocycles. The molecule has 0 aromatic heterocycles. The number of carbonyl (C=O) groups is 1. The lowest BCUT2D eigenvalue weighted by Gasteiger charge is -2.22. The Hall–Kier alpha value is -3.59. The first-order chi connectivity index (χ1) is 15.7. The van der Waals surface area contributed by atoms with Crippen molar-refractivity contribution in [3.63, 3.8) is 0 Å². The summed E-state index contributed by atoms with van der Waals surface area (Å²) in [4.78, 5) is 12.5. The average Bonchev–Trinajstić information content (AvgIpc) is 2.81. The molecule has 0 saturated heterocycles. The fraction of sp³-hybridized carbons (Fsp3) is 0.208. The van der Waals surface area contributed by atoms with Gasteiger partial charge in [0.25, 0.3) is 5.91 Å². The molecule has 3 aromatic carbocycles. The van der Waals surface area contributed by atoms with Crippen LogP contribution >= 0.6 is 0 Å². The lowest BCUT2D eigenvalue weighted by Crippen LogP contribution is -2.29. The van der Waals surface area contributed by atoms with Crippen molar-refractivity contribution in [2.45, 2.75) is 13.1 Å². The quantitative estimate of drug-likeness (QED) is 0.513. The molecule has 0 spiro atoms. The largest absolute Gasteiger partial charge is 0.493 e. The van der Waals surface area contributed by atoms with Gasteiger partial charge in [-0.2, -0.15) is 0 Å². The Bertz CT molecular complexity index is 1210. The van der Waals surface area contributed by atoms with Crippen molar-refractivity contribution in [2.75, 3.05) is 24.8 Å². The standard InChI is InChI=1S/C24H25FN2O5S/c1-31-22-13-6-18(14-23(22)32-2)15-26-24(28)19-7-4-17(5-8-19)16-27(33(3,29)30)21-11-9-20(25)10-12-21/h4-14H,15-16H2,1-3H3,(H,26,28). The molecule has 1 N–H and O–H groups in total. The maximum absolute atomic E-state index is 13.2. The van der Waals surface area contributed by atoms with Crippen LogP contribution in [0.15, 0.2) is 66.7 Å². The summed E-state index contributed by atoms with van der Waals surface area (Å²) < 4.78 is 49.4. The lowest BCUT2D eigenvalue weighted by atomic mass is 10.1. The molecule has 0 aliphatic carbocycles. The Morgan fingerprint density at radius 1 is 0.909 bits per heavy atom. The first-order valence-corrected chi connectivity index (χ1v) is 11.9. The number of amides is 1. The molecule has 1 amide bonds. The van der Waals surface area contributed by atoms with Crippen LogP contribution in [0.25, 0.3) is 0 Å². The summed E-state index contributed by atoms with van der Waals surface area (Å²) in [6, 6.07) is 17.3. The first kappa shape index (κ1) is 24.1. The number of ether oxygens (including phenoxy) is 2. The van der Waals surface area contributed by atoms with Crippen molar-refractivity contribution < 1.29 is 27.1 Å². The third-order valence-corrected chi connectivity index (χ3v) is 6.10. The maximum Gasteiger partial charge on any atom is 0.251 e. The van der Waals surface area contributed by atoms with Crippen LogP contribution in [0.4, 0.5) is 10.1 Å². The topological polar surface area (TPSA) is 84.9 Å². The third-order valence-electron chi connectivity index (χ3n) is 4.96. The van der Waals surface area contributed by atoms with Crippen LogP contribution in [-0.2, 0) is 23.1 Å². The molecule has 9 heteroatoms. The number of nitrogens with zero attached hydrogens (tertiary/aromatic N) is 1. The van der Waals surface area contributed by atoms with E-state index in [4.69, 9.17) is 9.47 Å². The Kier molecular flexibility index (Phi) is 7.55. The van der Waals surface area contributed by atoms with Gasteiger partial charge in [0.1, 0.15) is 5.82 Å². The van der Waals surface area contributed by atoms with E-state index in [-0.39, 0.29) is 12.5 Å². The van der Waals surface area contributed by atoms with Crippen molar-refractivity contribution in [3.05, 3.63) is 89.2 Å². The highest BCUT2D eigenvalue weighted by atomic mass is 32.2. The van der Waals surface area contributed by atoms with Gasteiger partial charge < -0.3 is 14.8 Å². The number of anilines is 1. The van der Waals surface area contributed by atoms with Gasteiger partial charge in [-0.25, -0.2) is 12.8 Å². The SMILES string of the molecule is COc1ccc(CNC(=O)c2ccc(CN(c3ccc(F)cc3)S(C)(=O)=O)cc2)cc1OC. The zero-order valence-corrected chi connectivity index (χ0v) is 19.4. The van der Waals surface area contributed by atoms with E-state index >= 15 is 0 Å². The number of carbonyl (C=O) groups excluding carboxylic acids is 1. The minimum Gasteiger partial charge on any atom is -0.493 e. The van der Waals surface area contributed by atoms with E-state index in [1.807, 2.05) is 6.07 Å². The Labute approximate surface area is 192 Å². The molecule has 0 bridgehead atoms. The summed E-state index contributed by atoms with van der Waals surface area (Å²) in [5.74, 6) is 0.461. The van der Waals surface area contributed by atoms with Crippen molar-refractivity contribution in [2.24, 2.45) is 0 Å². The predicted octanol–water partition coefficient (Wildman–Crippen LogP) is 3.74. The van der Waals surface area contributed by atoms with Crippen LogP contribution in [0, 0.1) is 5.82 Å². The minimum atomic E-state index is -3.59. The number of rotatable bonds is 9. The second-order valence-electron chi connectivity index (χ2n) is 7.31. The van der Waals surface area contributed by atoms with Gasteiger partial charge in [0.2, 0.25) is 10.0 Å². The van der Waals surface area contributed by atoms with E-state index in [1.165, 1.54) is 28.6 Å². The second-order valence-corrected chi connectivity index (χ2v) is 9.22. The molecule has 7 nitrogen and oxygen atoms in total. The highest BCUT2D eigenvalue weighted by molar-refractivity contribution is 7.92. The van der Waals surface area contributed by atoms with E-state index in [9.17, 15) is 17.6 Å². The number of benzene rings is 3. The summed E-state index contributed by atoms with van der Waals surface area (Å²) >= 11 is 0. The molecule has 0 heterocycles. The van der Waals surface area contributed by atoms with Crippen LogP contribution in [0.2, 0.25) is 0 Å². The smallest absolute Gasteiger partial charge is 0.251 e. The number of methoxy groups -OCH3 is 2. The molecular weight excluding hydrogens is 447 g/mol. The van der Waals surface area contributed by atoms with E-state index in [2.05, 4.69) is 5.32 Å². The number of hydrogen-bond acceptors (Lipinski definition) is 5. The van der Waals surface area contributed by atoms with Crippen molar-refractivity contribution in [1.82, 2.24) is 5.32 Å². The highest BCUT2D eigenvalue weighted by Crippen LogP contribution is 2.27. The van der Waals surface area contributed by atoms with Crippen molar-refractivity contribution in [1.29, 1.82) is 0 Å². The van der Waals surface area contributed by atoms with Crippen LogP contribution in [0.1, 0.15) is 21.5 Å². The van der Waals surface area contributed by atoms with Crippen LogP contribution in [0.5, 0.6) is 11.5 Å². The fourth-order valence-electron chi connectivity index (χ4n) is 3.21. The van der Waals surface area contributed by atoms with Gasteiger partial charge in [-0.1, -0.05) is 18.2 Å². The molecule has 3 aromatic rings. The van der Waals surface area contributed by atoms with E-state index in [1.54, 1.807) is 50.6 Å². The molecule has 174 valence electrons. The van der Waals surface area contributed by atoms with Gasteiger partial charge in [-0.15, -0.1) is 0 Å². The van der Waals surface area contributed by atoms with E-state index in [0.717, 1.165) is 11.8 Å². The fourth-order valence-corrected chi connectivity index (χ4v) is 4.10. The molecule has 0 aliphatic rings. The Morgan fingerprint density at radius 2 is 1.52 bits per heavy atom. The number of halogens is 1. The van der Waals surface area contributed by atoms with Gasteiger partial charge in [-0.05, 0) is 59.7 Å². The zero-order chi connectivity index (χ0) is 24.0. The molecule has 0 unspecified atom stereocenters. The zero-order valence-electron chi connectivity index (χ0n) is 18.5. The van der Waals surface area contributed by atoms with E-state index in [0.29, 0.717) is 34.9 Å². The highest BCUT2D eigenvalue weighted by Gasteiger charge is 2.18. The molecule has 0 aliphatic heterocycles. The maximum atomic E-state index is 13.2. The average molecular weight is 473 g/mol. The second kappa shape index (κ2) is 10.4. The number of hydrogen-bond donors (Lipinski definition) is 1. The number of nitrogens with one attached hydrogen (secondary N) is 1. The summed E-state index contributed by atoms with van der Waals surface area (Å²) in [5, 5.41) is 2.84. The third kappa shape index (κ3) is 6.23. The molecule has 0 fully saturated rings. The molecule has 33 heavy (non-hydrogen) atoms. The summed E-state index contributed by atoms with van der Waals surface area (Å²) in [6.45, 7) is 0.353. The summed E-state index contributed by atoms with van der Waals surface area (Å²) in [6.07, 6.45) is 1.09. The molecule has 0 atom stereocenters. The van der Waals surface area contributed by atoms with Crippen LogP contribution in [0.3, 0.4) is 0 Å². The van der Waals surface area contributed by atoms with Crippen molar-refractivity contribution in [3.8, 4) is 11.5 Å². The first-order valence-electron chi connectivity index (χ1n) is 10.0. The van der Waals surface area contributed by atoms with Gasteiger partial charge in [0.05, 0.1) is 32.7 Å². The molecule has 3 rings (SSSR count). The van der Waals surface area contributed by atoms with E-state index < -0.39 is 15.8 Å². The van der Waals surface area contributed by atoms with Crippen LogP contribution < -0.4 is 19.1 Å². The van der Waals surface area contributed by atoms with Crippen molar-refractivity contribution >= 4 is 21.6 Å². The Balaban J connectivity index is 1.67. The van der Waals surface area contributed by atoms with Crippen LogP contribution in [-0.4, -0.2) is 34.8 Å². The van der Waals surface area contributed by atoms with Gasteiger partial charge in [0, 0.05) is 12.1 Å². The monoisotopic (exact) mass is 472 g/mol. The molecular formula is C24H25FN2O5S. The van der Waals surface area contributed by atoms with Gasteiger partial charge in [-0.3, -0.25) is 9.10 Å². The Morgan fingerprint density at radius 3 is 2.09 bits per heavy atom. The molecule has 0 radical (unpaired) electrons. The minimum absolute atomic E-state index is 0.0536. The predicted molar refractivity (Wildman–Crippen MR) is 125 cm³/mol. The van der Waals surface area contributed by atoms with Gasteiger partial charge in [0.15, 0.2) is 11.5 Å². The van der Waals surface area contributed by atoms with Gasteiger partial charge >= 0.3 is 0 Å². The number of sulfonamides is 1.